The number of hydrogen-bond donors (Lipinski definition) is 0. The SMILES string of the molecule is CN(Cc1ccc(Cl)c(Cl)c1)C(=O)COc1cccnc1[N+](=O)[O-]. The van der Waals surface area contributed by atoms with Crippen molar-refractivity contribution >= 4 is 34.9 Å². The van der Waals surface area contributed by atoms with Crippen LogP contribution in [0.2, 0.25) is 10.0 Å². The van der Waals surface area contributed by atoms with Gasteiger partial charge in [-0.15, -0.1) is 0 Å². The number of likely N-dealkylation sites (N-methyl/N-ethyl adjacent to an activating group) is 1. The van der Waals surface area contributed by atoms with Gasteiger partial charge in [-0.3, -0.25) is 4.79 Å². The largest absolute Gasteiger partial charge is 0.476 e. The van der Waals surface area contributed by atoms with Gasteiger partial charge in [0.1, 0.15) is 6.20 Å². The van der Waals surface area contributed by atoms with Gasteiger partial charge < -0.3 is 19.8 Å². The molecular weight excluding hydrogens is 357 g/mol. The Kier molecular flexibility index (Phi) is 5.94. The molecule has 0 atom stereocenters. The third-order valence-corrected chi connectivity index (χ3v) is 3.84. The average Bonchev–Trinajstić information content (AvgIpc) is 2.56. The summed E-state index contributed by atoms with van der Waals surface area (Å²) in [5, 5.41) is 11.7. The molecular formula is C15H13Cl2N3O4. The zero-order valence-electron chi connectivity index (χ0n) is 12.6. The van der Waals surface area contributed by atoms with Crippen LogP contribution in [0.5, 0.6) is 5.75 Å². The molecule has 1 aromatic heterocycles. The summed E-state index contributed by atoms with van der Waals surface area (Å²) in [5.41, 5.74) is 0.799. The second kappa shape index (κ2) is 7.94. The molecule has 2 rings (SSSR count). The molecule has 0 radical (unpaired) electrons. The van der Waals surface area contributed by atoms with Crippen molar-refractivity contribution in [1.82, 2.24) is 9.88 Å². The highest BCUT2D eigenvalue weighted by Gasteiger charge is 2.18. The molecule has 0 saturated heterocycles. The second-order valence-electron chi connectivity index (χ2n) is 4.87. The van der Waals surface area contributed by atoms with Crippen LogP contribution in [-0.4, -0.2) is 34.4 Å². The Hall–Kier alpha value is -2.38. The van der Waals surface area contributed by atoms with E-state index in [2.05, 4.69) is 4.98 Å². The van der Waals surface area contributed by atoms with Gasteiger partial charge in [-0.2, -0.15) is 0 Å². The highest BCUT2D eigenvalue weighted by atomic mass is 35.5. The summed E-state index contributed by atoms with van der Waals surface area (Å²) in [7, 11) is 1.59. The predicted octanol–water partition coefficient (Wildman–Crippen LogP) is 3.33. The van der Waals surface area contributed by atoms with Gasteiger partial charge in [0.05, 0.1) is 10.0 Å². The lowest BCUT2D eigenvalue weighted by atomic mass is 10.2. The van der Waals surface area contributed by atoms with E-state index in [-0.39, 0.29) is 18.3 Å². The van der Waals surface area contributed by atoms with E-state index in [0.29, 0.717) is 16.6 Å². The molecule has 0 bridgehead atoms. The van der Waals surface area contributed by atoms with E-state index in [0.717, 1.165) is 5.56 Å². The number of pyridine rings is 1. The predicted molar refractivity (Wildman–Crippen MR) is 89.3 cm³/mol. The number of carbonyl (C=O) groups is 1. The number of nitro groups is 1. The number of benzene rings is 1. The standard InChI is InChI=1S/C15H13Cl2N3O4/c1-19(8-10-4-5-11(16)12(17)7-10)14(21)9-24-13-3-2-6-18-15(13)20(22)23/h2-7H,8-9H2,1H3. The van der Waals surface area contributed by atoms with Gasteiger partial charge >= 0.3 is 5.82 Å². The Bertz CT molecular complexity index is 770. The molecule has 126 valence electrons. The molecule has 0 aliphatic heterocycles. The van der Waals surface area contributed by atoms with Crippen molar-refractivity contribution in [3.05, 3.63) is 62.3 Å². The Balaban J connectivity index is 1.97. The van der Waals surface area contributed by atoms with Crippen molar-refractivity contribution < 1.29 is 14.5 Å². The van der Waals surface area contributed by atoms with Crippen LogP contribution in [0.3, 0.4) is 0 Å². The normalized spacial score (nSPS) is 10.3. The number of hydrogen-bond acceptors (Lipinski definition) is 5. The molecule has 1 aromatic carbocycles. The monoisotopic (exact) mass is 369 g/mol. The number of nitrogens with zero attached hydrogens (tertiary/aromatic N) is 3. The number of carbonyl (C=O) groups excluding carboxylic acids is 1. The molecule has 0 spiro atoms. The van der Waals surface area contributed by atoms with Gasteiger partial charge in [-0.1, -0.05) is 29.3 Å². The van der Waals surface area contributed by atoms with E-state index in [1.165, 1.54) is 23.2 Å². The number of rotatable bonds is 6. The molecule has 7 nitrogen and oxygen atoms in total. The fourth-order valence-corrected chi connectivity index (χ4v) is 2.20. The zero-order chi connectivity index (χ0) is 17.7. The molecule has 0 N–H and O–H groups in total. The van der Waals surface area contributed by atoms with Crippen molar-refractivity contribution in [1.29, 1.82) is 0 Å². The van der Waals surface area contributed by atoms with E-state index >= 15 is 0 Å². The van der Waals surface area contributed by atoms with Crippen LogP contribution in [0.4, 0.5) is 5.82 Å². The Morgan fingerprint density at radius 3 is 2.75 bits per heavy atom. The van der Waals surface area contributed by atoms with Crippen molar-refractivity contribution in [2.75, 3.05) is 13.7 Å². The molecule has 1 heterocycles. The molecule has 0 fully saturated rings. The topological polar surface area (TPSA) is 85.6 Å². The number of aromatic nitrogens is 1. The first-order valence-corrected chi connectivity index (χ1v) is 7.54. The fourth-order valence-electron chi connectivity index (χ4n) is 1.88. The van der Waals surface area contributed by atoms with Crippen LogP contribution in [0.1, 0.15) is 5.56 Å². The minimum absolute atomic E-state index is 0.0567. The summed E-state index contributed by atoms with van der Waals surface area (Å²) in [6, 6.07) is 7.95. The first kappa shape index (κ1) is 18.0. The van der Waals surface area contributed by atoms with E-state index in [4.69, 9.17) is 27.9 Å². The maximum absolute atomic E-state index is 12.1. The first-order valence-electron chi connectivity index (χ1n) is 6.78. The summed E-state index contributed by atoms with van der Waals surface area (Å²) in [5.74, 6) is -0.838. The highest BCUT2D eigenvalue weighted by Crippen LogP contribution is 2.24. The quantitative estimate of drug-likeness (QED) is 0.575. The molecule has 0 aliphatic carbocycles. The second-order valence-corrected chi connectivity index (χ2v) is 5.68. The van der Waals surface area contributed by atoms with Gasteiger partial charge in [0.25, 0.3) is 5.91 Å². The van der Waals surface area contributed by atoms with Gasteiger partial charge in [0.15, 0.2) is 6.61 Å². The van der Waals surface area contributed by atoms with Crippen molar-refractivity contribution in [3.63, 3.8) is 0 Å². The van der Waals surface area contributed by atoms with Crippen molar-refractivity contribution in [2.24, 2.45) is 0 Å². The van der Waals surface area contributed by atoms with Crippen LogP contribution >= 0.6 is 23.2 Å². The molecule has 0 unspecified atom stereocenters. The number of halogens is 2. The summed E-state index contributed by atoms with van der Waals surface area (Å²) in [6.07, 6.45) is 1.28. The highest BCUT2D eigenvalue weighted by molar-refractivity contribution is 6.42. The summed E-state index contributed by atoms with van der Waals surface area (Å²) >= 11 is 11.8. The molecule has 1 amide bonds. The molecule has 9 heteroatoms. The minimum Gasteiger partial charge on any atom is -0.476 e. The smallest absolute Gasteiger partial charge is 0.406 e. The Morgan fingerprint density at radius 1 is 1.33 bits per heavy atom. The van der Waals surface area contributed by atoms with Crippen LogP contribution in [-0.2, 0) is 11.3 Å². The molecule has 2 aromatic rings. The van der Waals surface area contributed by atoms with Gasteiger partial charge in [0.2, 0.25) is 5.75 Å². The Labute approximate surface area is 147 Å². The third-order valence-electron chi connectivity index (χ3n) is 3.10. The van der Waals surface area contributed by atoms with Crippen LogP contribution in [0.25, 0.3) is 0 Å². The number of ether oxygens (including phenoxy) is 1. The molecule has 0 saturated carbocycles. The van der Waals surface area contributed by atoms with E-state index in [1.807, 2.05) is 0 Å². The first-order chi connectivity index (χ1) is 11.4. The lowest BCUT2D eigenvalue weighted by Crippen LogP contribution is -2.31. The van der Waals surface area contributed by atoms with E-state index in [9.17, 15) is 14.9 Å². The summed E-state index contributed by atoms with van der Waals surface area (Å²) < 4.78 is 5.22. The fraction of sp³-hybridized carbons (Fsp3) is 0.200. The Morgan fingerprint density at radius 2 is 2.08 bits per heavy atom. The average molecular weight is 370 g/mol. The molecule has 0 aliphatic rings. The van der Waals surface area contributed by atoms with Crippen LogP contribution < -0.4 is 4.74 Å². The summed E-state index contributed by atoms with van der Waals surface area (Å²) in [4.78, 5) is 27.3. The van der Waals surface area contributed by atoms with Crippen LogP contribution in [0, 0.1) is 10.1 Å². The van der Waals surface area contributed by atoms with Gasteiger partial charge in [-0.25, -0.2) is 0 Å². The summed E-state index contributed by atoms with van der Waals surface area (Å²) in [6.45, 7) is -0.0431. The van der Waals surface area contributed by atoms with Crippen LogP contribution in [0.15, 0.2) is 36.5 Å². The van der Waals surface area contributed by atoms with Crippen molar-refractivity contribution in [3.8, 4) is 5.75 Å². The maximum Gasteiger partial charge on any atom is 0.406 e. The van der Waals surface area contributed by atoms with Gasteiger partial charge in [-0.05, 0) is 39.7 Å². The number of amides is 1. The lowest BCUT2D eigenvalue weighted by Gasteiger charge is -2.17. The van der Waals surface area contributed by atoms with E-state index in [1.54, 1.807) is 25.2 Å². The van der Waals surface area contributed by atoms with Crippen molar-refractivity contribution in [2.45, 2.75) is 6.54 Å². The maximum atomic E-state index is 12.1. The zero-order valence-corrected chi connectivity index (χ0v) is 14.1. The molecule has 24 heavy (non-hydrogen) atoms. The van der Waals surface area contributed by atoms with E-state index < -0.39 is 10.7 Å². The third kappa shape index (κ3) is 4.56. The van der Waals surface area contributed by atoms with Gasteiger partial charge in [0, 0.05) is 13.6 Å². The lowest BCUT2D eigenvalue weighted by molar-refractivity contribution is -0.390. The minimum atomic E-state index is -0.667.